The third-order valence-corrected chi connectivity index (χ3v) is 9.98. The van der Waals surface area contributed by atoms with Crippen LogP contribution in [0, 0.1) is 0 Å². The van der Waals surface area contributed by atoms with Gasteiger partial charge < -0.3 is 38.8 Å². The number of nitrogens with one attached hydrogen (secondary N) is 1. The van der Waals surface area contributed by atoms with Crippen LogP contribution in [-0.2, 0) is 0 Å². The van der Waals surface area contributed by atoms with Gasteiger partial charge in [0, 0.05) is 79.6 Å². The number of ether oxygens (including phenoxy) is 5. The molecule has 4 aromatic rings. The molecule has 3 aliphatic heterocycles. The van der Waals surface area contributed by atoms with Gasteiger partial charge in [0.05, 0.1) is 19.7 Å². The minimum absolute atomic E-state index is 0.219. The summed E-state index contributed by atoms with van der Waals surface area (Å²) in [6.45, 7) is 12.6. The van der Waals surface area contributed by atoms with Crippen LogP contribution in [0.15, 0.2) is 30.3 Å². The largest absolute Gasteiger partial charge is 0.493 e. The third kappa shape index (κ3) is 7.01. The molecule has 0 saturated carbocycles. The molecule has 3 aliphatic rings. The van der Waals surface area contributed by atoms with E-state index >= 15 is 0 Å². The maximum Gasteiger partial charge on any atom is 0.231 e. The fourth-order valence-corrected chi connectivity index (χ4v) is 7.22. The summed E-state index contributed by atoms with van der Waals surface area (Å²) in [5, 5.41) is 8.78. The molecule has 1 N–H and O–H groups in total. The van der Waals surface area contributed by atoms with E-state index in [1.165, 1.54) is 12.8 Å². The Bertz CT molecular complexity index is 1740. The van der Waals surface area contributed by atoms with Crippen LogP contribution >= 0.6 is 0 Å². The Morgan fingerprint density at radius 3 is 2.15 bits per heavy atom. The lowest BCUT2D eigenvalue weighted by molar-refractivity contribution is 0.125. The molecule has 2 fully saturated rings. The van der Waals surface area contributed by atoms with Crippen molar-refractivity contribution in [3.63, 3.8) is 0 Å². The summed E-state index contributed by atoms with van der Waals surface area (Å²) in [5.74, 6) is 3.40. The molecule has 11 heteroatoms. The molecule has 48 heavy (non-hydrogen) atoms. The van der Waals surface area contributed by atoms with Crippen molar-refractivity contribution in [2.24, 2.45) is 0 Å². The monoisotopic (exact) mass is 658 g/mol. The number of fused-ring (bicyclic) bond motifs is 6. The highest BCUT2D eigenvalue weighted by Gasteiger charge is 2.23. The third-order valence-electron chi connectivity index (χ3n) is 9.98. The van der Waals surface area contributed by atoms with E-state index in [-0.39, 0.29) is 6.79 Å². The summed E-state index contributed by atoms with van der Waals surface area (Å²) in [4.78, 5) is 15.1. The van der Waals surface area contributed by atoms with E-state index in [0.29, 0.717) is 24.0 Å². The first-order valence-corrected chi connectivity index (χ1v) is 17.4. The van der Waals surface area contributed by atoms with Gasteiger partial charge in [-0.05, 0) is 88.7 Å². The van der Waals surface area contributed by atoms with E-state index < -0.39 is 0 Å². The van der Waals surface area contributed by atoms with Crippen LogP contribution < -0.4 is 29.0 Å². The van der Waals surface area contributed by atoms with E-state index in [1.807, 2.05) is 6.07 Å². The van der Waals surface area contributed by atoms with Crippen molar-refractivity contribution in [2.45, 2.75) is 19.3 Å². The summed E-state index contributed by atoms with van der Waals surface area (Å²) in [6, 6.07) is 10.4. The van der Waals surface area contributed by atoms with Gasteiger partial charge in [-0.3, -0.25) is 9.80 Å². The number of anilines is 1. The fourth-order valence-electron chi connectivity index (χ4n) is 7.22. The molecule has 0 spiro atoms. The fraction of sp³-hybridized carbons (Fsp3) is 0.541. The highest BCUT2D eigenvalue weighted by Crippen LogP contribution is 2.46. The highest BCUT2D eigenvalue weighted by atomic mass is 16.7. The van der Waals surface area contributed by atoms with E-state index in [0.717, 1.165) is 128 Å². The molecule has 3 aromatic carbocycles. The summed E-state index contributed by atoms with van der Waals surface area (Å²) < 4.78 is 29.6. The first kappa shape index (κ1) is 32.8. The van der Waals surface area contributed by atoms with E-state index in [4.69, 9.17) is 28.7 Å². The molecular weight excluding hydrogens is 608 g/mol. The zero-order valence-electron chi connectivity index (χ0n) is 29.0. The van der Waals surface area contributed by atoms with Crippen LogP contribution in [0.2, 0.25) is 0 Å². The zero-order chi connectivity index (χ0) is 33.0. The number of benzene rings is 3. The van der Waals surface area contributed by atoms with Gasteiger partial charge in [-0.15, -0.1) is 0 Å². The molecule has 7 rings (SSSR count). The van der Waals surface area contributed by atoms with Crippen molar-refractivity contribution >= 4 is 38.1 Å². The normalized spacial score (nSPS) is 17.3. The molecule has 0 radical (unpaired) electrons. The number of aromatic nitrogens is 1. The number of nitrogens with zero attached hydrogens (tertiary/aromatic N) is 5. The molecule has 1 aromatic heterocycles. The minimum atomic E-state index is 0.219. The Morgan fingerprint density at radius 2 is 1.44 bits per heavy atom. The lowest BCUT2D eigenvalue weighted by atomic mass is 9.98. The Hall–Kier alpha value is -3.77. The highest BCUT2D eigenvalue weighted by molar-refractivity contribution is 6.22. The molecule has 11 nitrogen and oxygen atoms in total. The quantitative estimate of drug-likeness (QED) is 0.151. The number of methoxy groups -OCH3 is 2. The summed E-state index contributed by atoms with van der Waals surface area (Å²) >= 11 is 0. The van der Waals surface area contributed by atoms with E-state index in [1.54, 1.807) is 14.2 Å². The molecule has 0 amide bonds. The van der Waals surface area contributed by atoms with Crippen molar-refractivity contribution in [1.29, 1.82) is 0 Å². The summed E-state index contributed by atoms with van der Waals surface area (Å²) in [5.41, 5.74) is 1.89. The van der Waals surface area contributed by atoms with Crippen molar-refractivity contribution in [3.8, 4) is 28.9 Å². The standard InChI is InChI=1S/C37H50N6O5/c1-40(2)12-13-43-16-14-42(15-17-43)11-7-8-38-30-20-26-21-33-34(48-25-47-33)22-27(26)36-35(30)28-23-31(44-3)32(45-4)24-29(28)37(39-36)46-19-18-41-9-5-6-10-41/h20-24,38H,5-19,25H2,1-4H3. The van der Waals surface area contributed by atoms with Gasteiger partial charge in [0.2, 0.25) is 12.7 Å². The Balaban J connectivity index is 1.20. The van der Waals surface area contributed by atoms with Crippen molar-refractivity contribution in [3.05, 3.63) is 30.3 Å². The van der Waals surface area contributed by atoms with Gasteiger partial charge in [-0.2, -0.15) is 0 Å². The Kier molecular flexibility index (Phi) is 10.1. The first-order valence-electron chi connectivity index (χ1n) is 17.4. The van der Waals surface area contributed by atoms with Gasteiger partial charge in [-0.1, -0.05) is 0 Å². The van der Waals surface area contributed by atoms with Crippen molar-refractivity contribution in [1.82, 2.24) is 24.6 Å². The molecule has 4 heterocycles. The molecule has 2 saturated heterocycles. The lowest BCUT2D eigenvalue weighted by Crippen LogP contribution is -2.48. The maximum absolute atomic E-state index is 6.51. The SMILES string of the molecule is COc1cc2c(OCCN3CCCC3)nc3c4cc5c(cc4cc(NCCCN4CCN(CCN(C)C)CC4)c3c2cc1OC)OCO5. The average molecular weight is 659 g/mol. The van der Waals surface area contributed by atoms with Crippen LogP contribution in [0.3, 0.4) is 0 Å². The van der Waals surface area contributed by atoms with Crippen molar-refractivity contribution in [2.75, 3.05) is 119 Å². The molecule has 0 atom stereocenters. The second kappa shape index (κ2) is 14.8. The van der Waals surface area contributed by atoms with E-state index in [9.17, 15) is 0 Å². The van der Waals surface area contributed by atoms with Gasteiger partial charge in [0.25, 0.3) is 0 Å². The van der Waals surface area contributed by atoms with Crippen molar-refractivity contribution < 1.29 is 23.7 Å². The zero-order valence-corrected chi connectivity index (χ0v) is 29.0. The molecule has 0 aliphatic carbocycles. The summed E-state index contributed by atoms with van der Waals surface area (Å²) in [7, 11) is 7.63. The number of likely N-dealkylation sites (tertiary alicyclic amines) is 1. The average Bonchev–Trinajstić information content (AvgIpc) is 3.80. The molecule has 258 valence electrons. The molecule has 0 unspecified atom stereocenters. The van der Waals surface area contributed by atoms with Gasteiger partial charge >= 0.3 is 0 Å². The first-order chi connectivity index (χ1) is 23.5. The van der Waals surface area contributed by atoms with Crippen LogP contribution in [-0.4, -0.2) is 138 Å². The predicted molar refractivity (Wildman–Crippen MR) is 192 cm³/mol. The van der Waals surface area contributed by atoms with Crippen LogP contribution in [0.4, 0.5) is 5.69 Å². The number of likely N-dealkylation sites (N-methyl/N-ethyl adjacent to an activating group) is 1. The van der Waals surface area contributed by atoms with Gasteiger partial charge in [0.1, 0.15) is 6.61 Å². The second-order valence-corrected chi connectivity index (χ2v) is 13.4. The second-order valence-electron chi connectivity index (χ2n) is 13.4. The Morgan fingerprint density at radius 1 is 0.771 bits per heavy atom. The number of hydrogen-bond donors (Lipinski definition) is 1. The molecule has 0 bridgehead atoms. The number of hydrogen-bond acceptors (Lipinski definition) is 11. The lowest BCUT2D eigenvalue weighted by Gasteiger charge is -2.35. The number of piperazine rings is 1. The van der Waals surface area contributed by atoms with E-state index in [2.05, 4.69) is 63.3 Å². The minimum Gasteiger partial charge on any atom is -0.493 e. The number of rotatable bonds is 14. The predicted octanol–water partition coefficient (Wildman–Crippen LogP) is 4.74. The summed E-state index contributed by atoms with van der Waals surface area (Å²) in [6.07, 6.45) is 3.54. The van der Waals surface area contributed by atoms with Gasteiger partial charge in [0.15, 0.2) is 23.0 Å². The van der Waals surface area contributed by atoms with Gasteiger partial charge in [-0.25, -0.2) is 4.98 Å². The number of pyridine rings is 1. The maximum atomic E-state index is 6.51. The van der Waals surface area contributed by atoms with Crippen LogP contribution in [0.25, 0.3) is 32.4 Å². The van der Waals surface area contributed by atoms with Crippen LogP contribution in [0.1, 0.15) is 19.3 Å². The van der Waals surface area contributed by atoms with Crippen LogP contribution in [0.5, 0.6) is 28.9 Å². The topological polar surface area (TPSA) is 84.0 Å². The smallest absolute Gasteiger partial charge is 0.231 e. The molecular formula is C37H50N6O5. The Labute approximate surface area is 283 Å².